The van der Waals surface area contributed by atoms with Gasteiger partial charge in [0.1, 0.15) is 0 Å². The fraction of sp³-hybridized carbons (Fsp3) is 0.875. The Bertz CT molecular complexity index is 397. The van der Waals surface area contributed by atoms with Crippen LogP contribution in [-0.2, 0) is 9.53 Å². The van der Waals surface area contributed by atoms with E-state index in [1.807, 2.05) is 14.1 Å². The van der Waals surface area contributed by atoms with Crippen molar-refractivity contribution in [2.75, 3.05) is 47.4 Å². The lowest BCUT2D eigenvalue weighted by Gasteiger charge is -2.31. The predicted molar refractivity (Wildman–Crippen MR) is 87.9 cm³/mol. The molecule has 2 aliphatic rings. The molecule has 22 heavy (non-hydrogen) atoms. The fourth-order valence-corrected chi connectivity index (χ4v) is 3.45. The van der Waals surface area contributed by atoms with Crippen molar-refractivity contribution >= 4 is 11.9 Å². The number of nitrogens with zero attached hydrogens (tertiary/aromatic N) is 2. The first-order chi connectivity index (χ1) is 10.6. The molecule has 1 aliphatic heterocycles. The van der Waals surface area contributed by atoms with Gasteiger partial charge >= 0.3 is 0 Å². The number of aliphatic imine (C=N–C) groups is 1. The van der Waals surface area contributed by atoms with Crippen LogP contribution >= 0.6 is 0 Å². The zero-order valence-corrected chi connectivity index (χ0v) is 14.2. The van der Waals surface area contributed by atoms with Crippen LogP contribution in [0.4, 0.5) is 0 Å². The maximum absolute atomic E-state index is 12.5. The number of guanidine groups is 1. The molecule has 1 heterocycles. The second-order valence-electron chi connectivity index (χ2n) is 6.72. The summed E-state index contributed by atoms with van der Waals surface area (Å²) in [6.07, 6.45) is 5.29. The minimum atomic E-state index is -0.266. The molecule has 6 nitrogen and oxygen atoms in total. The van der Waals surface area contributed by atoms with Gasteiger partial charge in [0.05, 0.1) is 12.0 Å². The first-order valence-corrected chi connectivity index (χ1v) is 8.31. The van der Waals surface area contributed by atoms with E-state index in [4.69, 9.17) is 4.74 Å². The molecular weight excluding hydrogens is 280 g/mol. The van der Waals surface area contributed by atoms with Crippen molar-refractivity contribution < 1.29 is 9.53 Å². The molecule has 2 rings (SSSR count). The highest BCUT2D eigenvalue weighted by atomic mass is 16.5. The molecule has 0 radical (unpaired) electrons. The van der Waals surface area contributed by atoms with E-state index in [9.17, 15) is 4.79 Å². The summed E-state index contributed by atoms with van der Waals surface area (Å²) in [5, 5.41) is 6.72. The Labute approximate surface area is 133 Å². The van der Waals surface area contributed by atoms with Gasteiger partial charge in [-0.3, -0.25) is 9.79 Å². The van der Waals surface area contributed by atoms with E-state index in [0.717, 1.165) is 57.8 Å². The van der Waals surface area contributed by atoms with E-state index in [1.165, 1.54) is 0 Å². The van der Waals surface area contributed by atoms with E-state index in [2.05, 4.69) is 15.6 Å². The second-order valence-corrected chi connectivity index (χ2v) is 6.72. The minimum Gasteiger partial charge on any atom is -0.381 e. The molecule has 126 valence electrons. The maximum atomic E-state index is 12.5. The van der Waals surface area contributed by atoms with Crippen molar-refractivity contribution in [3.05, 3.63) is 0 Å². The lowest BCUT2D eigenvalue weighted by atomic mass is 9.84. The molecule has 0 aromatic rings. The minimum absolute atomic E-state index is 0.233. The third-order valence-corrected chi connectivity index (χ3v) is 4.82. The van der Waals surface area contributed by atoms with Gasteiger partial charge in [-0.25, -0.2) is 0 Å². The zero-order chi connectivity index (χ0) is 16.0. The van der Waals surface area contributed by atoms with Gasteiger partial charge in [0.15, 0.2) is 5.96 Å². The van der Waals surface area contributed by atoms with Crippen molar-refractivity contribution in [1.82, 2.24) is 15.5 Å². The van der Waals surface area contributed by atoms with Crippen molar-refractivity contribution in [2.45, 2.75) is 32.1 Å². The Morgan fingerprint density at radius 1 is 1.32 bits per heavy atom. The van der Waals surface area contributed by atoms with Crippen LogP contribution in [0.1, 0.15) is 32.1 Å². The quantitative estimate of drug-likeness (QED) is 0.583. The summed E-state index contributed by atoms with van der Waals surface area (Å²) in [4.78, 5) is 18.5. The molecule has 2 fully saturated rings. The number of hydrogen-bond acceptors (Lipinski definition) is 3. The summed E-state index contributed by atoms with van der Waals surface area (Å²) in [7, 11) is 5.46. The lowest BCUT2D eigenvalue weighted by Crippen LogP contribution is -2.49. The Morgan fingerprint density at radius 3 is 2.59 bits per heavy atom. The normalized spacial score (nSPS) is 24.3. The van der Waals surface area contributed by atoms with Gasteiger partial charge in [-0.05, 0) is 19.3 Å². The number of amides is 1. The number of carbonyl (C=O) groups is 1. The number of rotatable bonds is 5. The number of carbonyl (C=O) groups excluding carboxylic acids is 1. The Morgan fingerprint density at radius 2 is 2.05 bits per heavy atom. The van der Waals surface area contributed by atoms with Crippen molar-refractivity contribution in [3.63, 3.8) is 0 Å². The molecule has 1 atom stereocenters. The van der Waals surface area contributed by atoms with E-state index in [-0.39, 0.29) is 11.3 Å². The van der Waals surface area contributed by atoms with Crippen LogP contribution in [0.3, 0.4) is 0 Å². The molecular formula is C16H30N4O2. The van der Waals surface area contributed by atoms with E-state index >= 15 is 0 Å². The predicted octanol–water partition coefficient (Wildman–Crippen LogP) is 0.837. The standard InChI is InChI=1S/C16H30N4O2/c1-17-15(18-10-13-6-9-22-11-13)19-12-16(7-4-5-8-16)14(21)20(2)3/h13H,4-12H2,1-3H3,(H2,17,18,19). The van der Waals surface area contributed by atoms with E-state index in [1.54, 1.807) is 11.9 Å². The lowest BCUT2D eigenvalue weighted by molar-refractivity contribution is -0.138. The monoisotopic (exact) mass is 310 g/mol. The van der Waals surface area contributed by atoms with Crippen LogP contribution in [0.25, 0.3) is 0 Å². The molecule has 1 aliphatic carbocycles. The van der Waals surface area contributed by atoms with Gasteiger partial charge in [0.2, 0.25) is 5.91 Å². The highest BCUT2D eigenvalue weighted by molar-refractivity contribution is 5.85. The van der Waals surface area contributed by atoms with Crippen LogP contribution in [0.15, 0.2) is 4.99 Å². The molecule has 0 spiro atoms. The van der Waals surface area contributed by atoms with Crippen LogP contribution in [0.2, 0.25) is 0 Å². The zero-order valence-electron chi connectivity index (χ0n) is 14.2. The fourth-order valence-electron chi connectivity index (χ4n) is 3.45. The van der Waals surface area contributed by atoms with Gasteiger partial charge in [-0.1, -0.05) is 12.8 Å². The summed E-state index contributed by atoms with van der Waals surface area (Å²) in [6.45, 7) is 3.21. The van der Waals surface area contributed by atoms with Gasteiger partial charge in [-0.2, -0.15) is 0 Å². The Balaban J connectivity index is 1.85. The van der Waals surface area contributed by atoms with Crippen LogP contribution in [-0.4, -0.2) is 64.2 Å². The molecule has 1 amide bonds. The van der Waals surface area contributed by atoms with Crippen molar-refractivity contribution in [2.24, 2.45) is 16.3 Å². The van der Waals surface area contributed by atoms with Crippen LogP contribution in [0.5, 0.6) is 0 Å². The average molecular weight is 310 g/mol. The first kappa shape index (κ1) is 17.1. The molecule has 6 heteroatoms. The van der Waals surface area contributed by atoms with Crippen LogP contribution < -0.4 is 10.6 Å². The summed E-state index contributed by atoms with van der Waals surface area (Å²) in [6, 6.07) is 0. The van der Waals surface area contributed by atoms with Gasteiger partial charge in [0, 0.05) is 46.8 Å². The molecule has 1 unspecified atom stereocenters. The largest absolute Gasteiger partial charge is 0.381 e. The summed E-state index contributed by atoms with van der Waals surface area (Å²) >= 11 is 0. The SMILES string of the molecule is CN=C(NCC1CCOC1)NCC1(C(=O)N(C)C)CCCC1. The maximum Gasteiger partial charge on any atom is 0.230 e. The third-order valence-electron chi connectivity index (χ3n) is 4.82. The Kier molecular flexibility index (Phi) is 6.06. The molecule has 0 aromatic heterocycles. The topological polar surface area (TPSA) is 66.0 Å². The van der Waals surface area contributed by atoms with E-state index in [0.29, 0.717) is 12.5 Å². The first-order valence-electron chi connectivity index (χ1n) is 8.31. The second kappa shape index (κ2) is 7.81. The molecule has 1 saturated heterocycles. The smallest absolute Gasteiger partial charge is 0.230 e. The summed E-state index contributed by atoms with van der Waals surface area (Å²) < 4.78 is 5.39. The molecule has 0 aromatic carbocycles. The third kappa shape index (κ3) is 4.12. The van der Waals surface area contributed by atoms with Gasteiger partial charge < -0.3 is 20.3 Å². The van der Waals surface area contributed by atoms with Crippen molar-refractivity contribution in [1.29, 1.82) is 0 Å². The number of ether oxygens (including phenoxy) is 1. The summed E-state index contributed by atoms with van der Waals surface area (Å²) in [5.74, 6) is 1.57. The van der Waals surface area contributed by atoms with Gasteiger partial charge in [0.25, 0.3) is 0 Å². The molecule has 2 N–H and O–H groups in total. The number of nitrogens with one attached hydrogen (secondary N) is 2. The van der Waals surface area contributed by atoms with Crippen molar-refractivity contribution in [3.8, 4) is 0 Å². The average Bonchev–Trinajstić information content (AvgIpc) is 3.18. The summed E-state index contributed by atoms with van der Waals surface area (Å²) in [5.41, 5.74) is -0.266. The van der Waals surface area contributed by atoms with E-state index < -0.39 is 0 Å². The number of hydrogen-bond donors (Lipinski definition) is 2. The Hall–Kier alpha value is -1.30. The van der Waals surface area contributed by atoms with Crippen LogP contribution in [0, 0.1) is 11.3 Å². The highest BCUT2D eigenvalue weighted by Crippen LogP contribution is 2.38. The molecule has 0 bridgehead atoms. The van der Waals surface area contributed by atoms with Gasteiger partial charge in [-0.15, -0.1) is 0 Å². The molecule has 1 saturated carbocycles. The highest BCUT2D eigenvalue weighted by Gasteiger charge is 2.42.